The Kier molecular flexibility index (Phi) is 5.58. The minimum atomic E-state index is -5.39. The van der Waals surface area contributed by atoms with E-state index in [9.17, 15) is 26.4 Å². The van der Waals surface area contributed by atoms with Gasteiger partial charge in [-0.1, -0.05) is 0 Å². The third-order valence-electron chi connectivity index (χ3n) is 3.05. The monoisotopic (exact) mass is 339 g/mol. The smallest absolute Gasteiger partial charge is 0.372 e. The molecule has 0 saturated heterocycles. The van der Waals surface area contributed by atoms with Gasteiger partial charge in [0.1, 0.15) is 6.10 Å². The van der Waals surface area contributed by atoms with Crippen LogP contribution in [0.3, 0.4) is 0 Å². The van der Waals surface area contributed by atoms with Crippen LogP contribution in [0.1, 0.15) is 13.8 Å². The minimum Gasteiger partial charge on any atom is -0.372 e. The summed E-state index contributed by atoms with van der Waals surface area (Å²) in [4.78, 5) is 12.5. The standard InChI is InChI=1S/C13H16F3NO4S/c1-4-17(12(18)9(2)21-3)10-5-7-11(8-6-10)22(19,20)13(14,15)16/h5-9H,4H2,1-3H3/t9-/m0/s1. The van der Waals surface area contributed by atoms with E-state index in [1.807, 2.05) is 0 Å². The van der Waals surface area contributed by atoms with Crippen LogP contribution in [0, 0.1) is 0 Å². The minimum absolute atomic E-state index is 0.262. The summed E-state index contributed by atoms with van der Waals surface area (Å²) in [7, 11) is -4.04. The van der Waals surface area contributed by atoms with Crippen LogP contribution in [0.5, 0.6) is 0 Å². The van der Waals surface area contributed by atoms with Gasteiger partial charge in [0.15, 0.2) is 0 Å². The number of alkyl halides is 3. The predicted molar refractivity (Wildman–Crippen MR) is 74.2 cm³/mol. The number of ether oxygens (including phenoxy) is 1. The van der Waals surface area contributed by atoms with Gasteiger partial charge < -0.3 is 9.64 Å². The molecule has 1 aromatic rings. The third-order valence-corrected chi connectivity index (χ3v) is 4.55. The molecule has 0 aliphatic heterocycles. The summed E-state index contributed by atoms with van der Waals surface area (Å²) in [5, 5.41) is 0. The van der Waals surface area contributed by atoms with E-state index in [0.717, 1.165) is 24.3 Å². The van der Waals surface area contributed by atoms with Crippen LogP contribution in [0.25, 0.3) is 0 Å². The second-order valence-corrected chi connectivity index (χ2v) is 6.34. The number of halogens is 3. The third kappa shape index (κ3) is 3.58. The van der Waals surface area contributed by atoms with E-state index >= 15 is 0 Å². The molecule has 124 valence electrons. The van der Waals surface area contributed by atoms with Gasteiger partial charge in [0, 0.05) is 19.3 Å². The fourth-order valence-corrected chi connectivity index (χ4v) is 2.49. The molecule has 1 atom stereocenters. The van der Waals surface area contributed by atoms with Gasteiger partial charge in [-0.15, -0.1) is 0 Å². The number of anilines is 1. The summed E-state index contributed by atoms with van der Waals surface area (Å²) in [5.74, 6) is -0.378. The van der Waals surface area contributed by atoms with E-state index < -0.39 is 26.3 Å². The van der Waals surface area contributed by atoms with Crippen molar-refractivity contribution in [1.82, 2.24) is 0 Å². The number of rotatable bonds is 5. The molecule has 0 heterocycles. The zero-order valence-electron chi connectivity index (χ0n) is 12.2. The lowest BCUT2D eigenvalue weighted by Gasteiger charge is -2.24. The van der Waals surface area contributed by atoms with Gasteiger partial charge in [-0.05, 0) is 38.1 Å². The van der Waals surface area contributed by atoms with E-state index in [1.54, 1.807) is 6.92 Å². The van der Waals surface area contributed by atoms with Crippen LogP contribution in [0.4, 0.5) is 18.9 Å². The second-order valence-electron chi connectivity index (χ2n) is 4.40. The van der Waals surface area contributed by atoms with E-state index in [-0.39, 0.29) is 18.1 Å². The number of likely N-dealkylation sites (N-methyl/N-ethyl adjacent to an activating group) is 1. The zero-order chi connectivity index (χ0) is 17.1. The summed E-state index contributed by atoms with van der Waals surface area (Å²) < 4.78 is 64.8. The van der Waals surface area contributed by atoms with E-state index in [4.69, 9.17) is 4.74 Å². The van der Waals surface area contributed by atoms with Crippen LogP contribution in [-0.4, -0.2) is 39.6 Å². The molecule has 0 aliphatic carbocycles. The molecule has 0 N–H and O–H groups in total. The van der Waals surface area contributed by atoms with E-state index in [1.165, 1.54) is 18.9 Å². The highest BCUT2D eigenvalue weighted by Gasteiger charge is 2.46. The molecule has 0 spiro atoms. The van der Waals surface area contributed by atoms with E-state index in [2.05, 4.69) is 0 Å². The van der Waals surface area contributed by atoms with Crippen molar-refractivity contribution in [3.05, 3.63) is 24.3 Å². The Balaban J connectivity index is 3.14. The molecule has 1 aromatic carbocycles. The lowest BCUT2D eigenvalue weighted by Crippen LogP contribution is -2.38. The highest BCUT2D eigenvalue weighted by molar-refractivity contribution is 7.92. The molecule has 1 rings (SSSR count). The van der Waals surface area contributed by atoms with Crippen molar-refractivity contribution in [2.45, 2.75) is 30.4 Å². The Bertz CT molecular complexity index is 626. The van der Waals surface area contributed by atoms with Crippen LogP contribution in [-0.2, 0) is 19.4 Å². The van der Waals surface area contributed by atoms with Gasteiger partial charge in [-0.25, -0.2) is 8.42 Å². The van der Waals surface area contributed by atoms with Gasteiger partial charge in [0.2, 0.25) is 0 Å². The first-order valence-electron chi connectivity index (χ1n) is 6.31. The van der Waals surface area contributed by atoms with Crippen molar-refractivity contribution in [3.63, 3.8) is 0 Å². The highest BCUT2D eigenvalue weighted by Crippen LogP contribution is 2.31. The average Bonchev–Trinajstić information content (AvgIpc) is 2.46. The first-order chi connectivity index (χ1) is 10.1. The topological polar surface area (TPSA) is 63.7 Å². The van der Waals surface area contributed by atoms with Crippen molar-refractivity contribution >= 4 is 21.4 Å². The van der Waals surface area contributed by atoms with Crippen LogP contribution in [0.15, 0.2) is 29.2 Å². The van der Waals surface area contributed by atoms with Crippen molar-refractivity contribution in [3.8, 4) is 0 Å². The molecule has 0 radical (unpaired) electrons. The lowest BCUT2D eigenvalue weighted by atomic mass is 10.2. The Labute approximate surface area is 126 Å². The molecule has 0 aliphatic rings. The van der Waals surface area contributed by atoms with E-state index in [0.29, 0.717) is 0 Å². The van der Waals surface area contributed by atoms with Gasteiger partial charge in [0.05, 0.1) is 4.90 Å². The predicted octanol–water partition coefficient (Wildman–Crippen LogP) is 2.37. The van der Waals surface area contributed by atoms with Crippen LogP contribution in [0.2, 0.25) is 0 Å². The van der Waals surface area contributed by atoms with Gasteiger partial charge >= 0.3 is 5.51 Å². The largest absolute Gasteiger partial charge is 0.501 e. The summed E-state index contributed by atoms with van der Waals surface area (Å²) in [6, 6.07) is 3.96. The zero-order valence-corrected chi connectivity index (χ0v) is 13.0. The fraction of sp³-hybridized carbons (Fsp3) is 0.462. The molecular weight excluding hydrogens is 323 g/mol. The Morgan fingerprint density at radius 2 is 1.77 bits per heavy atom. The first-order valence-corrected chi connectivity index (χ1v) is 7.80. The van der Waals surface area contributed by atoms with Gasteiger partial charge in [0.25, 0.3) is 15.7 Å². The lowest BCUT2D eigenvalue weighted by molar-refractivity contribution is -0.127. The number of methoxy groups -OCH3 is 1. The first kappa shape index (κ1) is 18.4. The fourth-order valence-electron chi connectivity index (χ4n) is 1.72. The molecule has 1 amide bonds. The number of carbonyl (C=O) groups excluding carboxylic acids is 1. The summed E-state index contributed by atoms with van der Waals surface area (Å²) in [6.45, 7) is 3.48. The number of benzene rings is 1. The van der Waals surface area contributed by atoms with Gasteiger partial charge in [-0.3, -0.25) is 4.79 Å². The van der Waals surface area contributed by atoms with Crippen LogP contribution < -0.4 is 4.90 Å². The van der Waals surface area contributed by atoms with Gasteiger partial charge in [-0.2, -0.15) is 13.2 Å². The van der Waals surface area contributed by atoms with Crippen molar-refractivity contribution in [1.29, 1.82) is 0 Å². The number of carbonyl (C=O) groups is 1. The molecule has 5 nitrogen and oxygen atoms in total. The highest BCUT2D eigenvalue weighted by atomic mass is 32.2. The maximum Gasteiger partial charge on any atom is 0.501 e. The van der Waals surface area contributed by atoms with Crippen molar-refractivity contribution in [2.24, 2.45) is 0 Å². The molecule has 22 heavy (non-hydrogen) atoms. The van der Waals surface area contributed by atoms with Crippen molar-refractivity contribution in [2.75, 3.05) is 18.6 Å². The normalized spacial score (nSPS) is 13.7. The maximum atomic E-state index is 12.5. The maximum absolute atomic E-state index is 12.5. The number of amides is 1. The molecule has 0 saturated carbocycles. The molecule has 0 unspecified atom stereocenters. The molecule has 9 heteroatoms. The quantitative estimate of drug-likeness (QED) is 0.826. The van der Waals surface area contributed by atoms with Crippen LogP contribution >= 0.6 is 0 Å². The Hall–Kier alpha value is -1.61. The summed E-state index contributed by atoms with van der Waals surface area (Å²) in [5.41, 5.74) is -5.07. The summed E-state index contributed by atoms with van der Waals surface area (Å²) >= 11 is 0. The Morgan fingerprint density at radius 3 is 2.14 bits per heavy atom. The average molecular weight is 339 g/mol. The molecule has 0 fully saturated rings. The molecular formula is C13H16F3NO4S. The Morgan fingerprint density at radius 1 is 1.27 bits per heavy atom. The number of sulfone groups is 1. The number of nitrogens with zero attached hydrogens (tertiary/aromatic N) is 1. The summed E-state index contributed by atoms with van der Waals surface area (Å²) in [6.07, 6.45) is -0.724. The van der Waals surface area contributed by atoms with Crippen molar-refractivity contribution < 1.29 is 31.1 Å². The SMILES string of the molecule is CCN(C(=O)[C@H](C)OC)c1ccc(S(=O)(=O)C(F)(F)F)cc1. The number of hydrogen-bond donors (Lipinski definition) is 0. The second kappa shape index (κ2) is 6.66. The molecule has 0 bridgehead atoms. The molecule has 0 aromatic heterocycles. The number of hydrogen-bond acceptors (Lipinski definition) is 4.